The zero-order valence-corrected chi connectivity index (χ0v) is 10.0. The molecular weight excluding hydrogens is 244 g/mol. The Bertz CT molecular complexity index is 694. The number of nitrogens with zero attached hydrogens (tertiary/aromatic N) is 1. The molecule has 1 atom stereocenters. The summed E-state index contributed by atoms with van der Waals surface area (Å²) in [5.74, 6) is -0.204. The number of aromatic amines is 1. The highest BCUT2D eigenvalue weighted by molar-refractivity contribution is 5.94. The average Bonchev–Trinajstić information content (AvgIpc) is 2.38. The van der Waals surface area contributed by atoms with Gasteiger partial charge in [0.1, 0.15) is 5.82 Å². The summed E-state index contributed by atoms with van der Waals surface area (Å²) in [6, 6.07) is 9.42. The Kier molecular flexibility index (Phi) is 2.56. The van der Waals surface area contributed by atoms with Crippen molar-refractivity contribution >= 4 is 17.7 Å². The van der Waals surface area contributed by atoms with Gasteiger partial charge in [0.15, 0.2) is 0 Å². The van der Waals surface area contributed by atoms with Crippen LogP contribution < -0.4 is 16.6 Å². The van der Waals surface area contributed by atoms with Crippen LogP contribution in [-0.2, 0) is 4.79 Å². The number of fused-ring (bicyclic) bond motifs is 1. The van der Waals surface area contributed by atoms with Gasteiger partial charge in [0.2, 0.25) is 11.9 Å². The van der Waals surface area contributed by atoms with Crippen molar-refractivity contribution < 1.29 is 4.79 Å². The van der Waals surface area contributed by atoms with Gasteiger partial charge in [0.05, 0.1) is 5.56 Å². The molecule has 19 heavy (non-hydrogen) atoms. The third-order valence-electron chi connectivity index (χ3n) is 3.17. The largest absolute Gasteiger partial charge is 0.369 e. The van der Waals surface area contributed by atoms with E-state index in [1.165, 1.54) is 0 Å². The highest BCUT2D eigenvalue weighted by atomic mass is 16.2. The Labute approximate surface area is 108 Å². The molecule has 1 aliphatic rings. The number of nitrogens with two attached hydrogens (primary N) is 1. The minimum Gasteiger partial charge on any atom is -0.369 e. The highest BCUT2D eigenvalue weighted by Crippen LogP contribution is 2.33. The number of anilines is 2. The second-order valence-corrected chi connectivity index (χ2v) is 4.43. The first-order chi connectivity index (χ1) is 9.15. The van der Waals surface area contributed by atoms with E-state index in [2.05, 4.69) is 15.3 Å². The van der Waals surface area contributed by atoms with Crippen LogP contribution in [0.15, 0.2) is 35.1 Å². The summed E-state index contributed by atoms with van der Waals surface area (Å²) >= 11 is 0. The van der Waals surface area contributed by atoms with Gasteiger partial charge in [-0.1, -0.05) is 30.3 Å². The fourth-order valence-corrected chi connectivity index (χ4v) is 2.36. The molecule has 1 aromatic carbocycles. The normalized spacial score (nSPS) is 17.7. The van der Waals surface area contributed by atoms with Crippen molar-refractivity contribution in [3.63, 3.8) is 0 Å². The lowest BCUT2D eigenvalue weighted by Crippen LogP contribution is -2.31. The molecule has 0 unspecified atom stereocenters. The first-order valence-electron chi connectivity index (χ1n) is 5.89. The zero-order valence-electron chi connectivity index (χ0n) is 10.0. The number of nitrogen functional groups attached to an aromatic ring is 1. The number of benzene rings is 1. The Morgan fingerprint density at radius 2 is 1.95 bits per heavy atom. The van der Waals surface area contributed by atoms with Crippen molar-refractivity contribution in [3.05, 3.63) is 51.8 Å². The van der Waals surface area contributed by atoms with Gasteiger partial charge in [-0.15, -0.1) is 0 Å². The standard InChI is InChI=1S/C13H12N4O2/c14-13-16-11-10(12(19)17-13)8(6-9(18)15-11)7-4-2-1-3-5-7/h1-5,8H,6H2,(H4,14,15,16,17,18,19)/t8-/m0/s1. The molecule has 0 bridgehead atoms. The van der Waals surface area contributed by atoms with Crippen LogP contribution in [0.1, 0.15) is 23.5 Å². The minimum absolute atomic E-state index is 0.00207. The van der Waals surface area contributed by atoms with E-state index in [1.807, 2.05) is 30.3 Å². The molecule has 0 aliphatic carbocycles. The number of amides is 1. The summed E-state index contributed by atoms with van der Waals surface area (Å²) < 4.78 is 0. The number of carbonyl (C=O) groups is 1. The molecule has 3 rings (SSSR count). The van der Waals surface area contributed by atoms with Crippen molar-refractivity contribution in [2.45, 2.75) is 12.3 Å². The van der Waals surface area contributed by atoms with E-state index in [4.69, 9.17) is 5.73 Å². The Morgan fingerprint density at radius 3 is 2.68 bits per heavy atom. The number of hydrogen-bond acceptors (Lipinski definition) is 4. The quantitative estimate of drug-likeness (QED) is 0.703. The van der Waals surface area contributed by atoms with Crippen LogP contribution in [0.2, 0.25) is 0 Å². The lowest BCUT2D eigenvalue weighted by Gasteiger charge is -2.24. The van der Waals surface area contributed by atoms with E-state index in [9.17, 15) is 9.59 Å². The zero-order chi connectivity index (χ0) is 13.4. The molecule has 1 amide bonds. The monoisotopic (exact) mass is 256 g/mol. The van der Waals surface area contributed by atoms with Crippen LogP contribution >= 0.6 is 0 Å². The molecule has 96 valence electrons. The molecule has 0 saturated heterocycles. The van der Waals surface area contributed by atoms with Crippen molar-refractivity contribution in [3.8, 4) is 0 Å². The molecule has 6 heteroatoms. The second-order valence-electron chi connectivity index (χ2n) is 4.43. The number of nitrogens with one attached hydrogen (secondary N) is 2. The maximum Gasteiger partial charge on any atom is 0.258 e. The van der Waals surface area contributed by atoms with E-state index >= 15 is 0 Å². The van der Waals surface area contributed by atoms with Gasteiger partial charge in [0.25, 0.3) is 5.56 Å². The number of carbonyl (C=O) groups excluding carboxylic acids is 1. The van der Waals surface area contributed by atoms with Crippen LogP contribution in [0.25, 0.3) is 0 Å². The molecule has 2 aromatic rings. The molecular formula is C13H12N4O2. The molecule has 1 aromatic heterocycles. The highest BCUT2D eigenvalue weighted by Gasteiger charge is 2.30. The van der Waals surface area contributed by atoms with Crippen LogP contribution in [0.4, 0.5) is 11.8 Å². The van der Waals surface area contributed by atoms with Crippen LogP contribution in [-0.4, -0.2) is 15.9 Å². The number of hydrogen-bond donors (Lipinski definition) is 3. The van der Waals surface area contributed by atoms with Gasteiger partial charge >= 0.3 is 0 Å². The number of rotatable bonds is 1. The predicted molar refractivity (Wildman–Crippen MR) is 70.8 cm³/mol. The van der Waals surface area contributed by atoms with Gasteiger partial charge in [-0.25, -0.2) is 0 Å². The topological polar surface area (TPSA) is 101 Å². The van der Waals surface area contributed by atoms with Crippen molar-refractivity contribution in [2.75, 3.05) is 11.1 Å². The van der Waals surface area contributed by atoms with Crippen LogP contribution in [0.5, 0.6) is 0 Å². The van der Waals surface area contributed by atoms with Gasteiger partial charge in [-0.3, -0.25) is 14.6 Å². The summed E-state index contributed by atoms with van der Waals surface area (Å²) in [5, 5.41) is 2.59. The van der Waals surface area contributed by atoms with E-state index in [0.29, 0.717) is 5.56 Å². The maximum atomic E-state index is 12.0. The van der Waals surface area contributed by atoms with Crippen LogP contribution in [0.3, 0.4) is 0 Å². The first kappa shape index (κ1) is 11.5. The van der Waals surface area contributed by atoms with E-state index < -0.39 is 0 Å². The van der Waals surface area contributed by atoms with Crippen LogP contribution in [0, 0.1) is 0 Å². The van der Waals surface area contributed by atoms with Crippen molar-refractivity contribution in [1.82, 2.24) is 9.97 Å². The third kappa shape index (κ3) is 1.97. The fourth-order valence-electron chi connectivity index (χ4n) is 2.36. The molecule has 0 radical (unpaired) electrons. The Morgan fingerprint density at radius 1 is 1.21 bits per heavy atom. The van der Waals surface area contributed by atoms with Gasteiger partial charge in [-0.2, -0.15) is 4.98 Å². The Balaban J connectivity index is 2.20. The Hall–Kier alpha value is -2.63. The fraction of sp³-hybridized carbons (Fsp3) is 0.154. The average molecular weight is 256 g/mol. The van der Waals surface area contributed by atoms with Gasteiger partial charge < -0.3 is 11.1 Å². The van der Waals surface area contributed by atoms with E-state index in [0.717, 1.165) is 5.56 Å². The van der Waals surface area contributed by atoms with Crippen molar-refractivity contribution in [1.29, 1.82) is 0 Å². The van der Waals surface area contributed by atoms with Gasteiger partial charge in [-0.05, 0) is 5.56 Å². The van der Waals surface area contributed by atoms with Crippen molar-refractivity contribution in [2.24, 2.45) is 0 Å². The van der Waals surface area contributed by atoms with E-state index in [-0.39, 0.29) is 35.6 Å². The molecule has 4 N–H and O–H groups in total. The van der Waals surface area contributed by atoms with Gasteiger partial charge in [0, 0.05) is 12.3 Å². The summed E-state index contributed by atoms with van der Waals surface area (Å²) in [5.41, 5.74) is 6.56. The predicted octanol–water partition coefficient (Wildman–Crippen LogP) is 0.826. The third-order valence-corrected chi connectivity index (χ3v) is 3.17. The molecule has 1 aliphatic heterocycles. The summed E-state index contributed by atoms with van der Waals surface area (Å²) in [7, 11) is 0. The summed E-state index contributed by atoms with van der Waals surface area (Å²) in [6.45, 7) is 0. The molecule has 0 fully saturated rings. The second kappa shape index (κ2) is 4.24. The first-order valence-corrected chi connectivity index (χ1v) is 5.89. The number of aromatic nitrogens is 2. The molecule has 0 saturated carbocycles. The smallest absolute Gasteiger partial charge is 0.258 e. The summed E-state index contributed by atoms with van der Waals surface area (Å²) in [6.07, 6.45) is 0.228. The van der Waals surface area contributed by atoms with E-state index in [1.54, 1.807) is 0 Å². The summed E-state index contributed by atoms with van der Waals surface area (Å²) in [4.78, 5) is 30.2. The maximum absolute atomic E-state index is 12.0. The molecule has 6 nitrogen and oxygen atoms in total. The molecule has 0 spiro atoms. The lowest BCUT2D eigenvalue weighted by molar-refractivity contribution is -0.116. The SMILES string of the molecule is Nc1nc2c(c(=O)[nH]1)[C@H](c1ccccc1)CC(=O)N2. The molecule has 2 heterocycles. The lowest BCUT2D eigenvalue weighted by atomic mass is 9.87. The minimum atomic E-state index is -0.309. The number of H-pyrrole nitrogens is 1.